The van der Waals surface area contributed by atoms with E-state index in [0.717, 1.165) is 23.3 Å². The van der Waals surface area contributed by atoms with Crippen molar-refractivity contribution in [3.63, 3.8) is 0 Å². The number of aromatic hydroxyl groups is 1. The fraction of sp³-hybridized carbons (Fsp3) is 0.364. The summed E-state index contributed by atoms with van der Waals surface area (Å²) in [6.07, 6.45) is 2.38. The predicted molar refractivity (Wildman–Crippen MR) is 171 cm³/mol. The topological polar surface area (TPSA) is 138 Å². The molecule has 4 aromatic rings. The number of hydrogen-bond donors (Lipinski definition) is 2. The van der Waals surface area contributed by atoms with Crippen molar-refractivity contribution in [2.24, 2.45) is 0 Å². The van der Waals surface area contributed by atoms with Crippen LogP contribution in [-0.2, 0) is 13.0 Å². The molecular formula is C33H38ClN5O6. The number of anilines is 1. The second-order valence-electron chi connectivity index (χ2n) is 10.6. The van der Waals surface area contributed by atoms with Gasteiger partial charge in [-0.2, -0.15) is 0 Å². The Morgan fingerprint density at radius 3 is 2.51 bits per heavy atom. The van der Waals surface area contributed by atoms with Crippen LogP contribution in [0.15, 0.2) is 48.5 Å². The molecule has 1 amide bonds. The Bertz CT molecular complexity index is 1640. The maximum absolute atomic E-state index is 13.2. The van der Waals surface area contributed by atoms with Gasteiger partial charge in [-0.25, -0.2) is 4.68 Å². The number of Topliss-reactive ketones (excluding diaryl/α,β-unsaturated/α-hetero) is 1. The molecule has 1 atom stereocenters. The standard InChI is InChI=1S/C33H38ClN5O6/c1-6-8-26-29(14-13-25(21(4)40)31(26)41)45-23(7-2)15-16-44-30-18-28(20(3)17-27(30)34)35-33(42)32-36-37-38-39(32)19-22-9-11-24(43-5)12-10-22/h9-14,17-18,23,41H,6-8,15-16,19H2,1-5H3,(H,35,42). The van der Waals surface area contributed by atoms with Gasteiger partial charge in [-0.1, -0.05) is 44.0 Å². The van der Waals surface area contributed by atoms with Gasteiger partial charge >= 0.3 is 0 Å². The van der Waals surface area contributed by atoms with Crippen LogP contribution in [0.2, 0.25) is 5.02 Å². The van der Waals surface area contributed by atoms with Crippen LogP contribution in [0.25, 0.3) is 0 Å². The second kappa shape index (κ2) is 15.4. The highest BCUT2D eigenvalue weighted by atomic mass is 35.5. The van der Waals surface area contributed by atoms with Gasteiger partial charge in [0.15, 0.2) is 5.78 Å². The highest BCUT2D eigenvalue weighted by Gasteiger charge is 2.20. The number of carbonyl (C=O) groups excluding carboxylic acids is 2. The van der Waals surface area contributed by atoms with E-state index in [1.165, 1.54) is 11.6 Å². The number of rotatable bonds is 15. The number of nitrogens with zero attached hydrogens (tertiary/aromatic N) is 4. The number of aromatic nitrogens is 4. The number of aryl methyl sites for hydroxylation is 1. The van der Waals surface area contributed by atoms with Gasteiger partial charge in [-0.05, 0) is 78.6 Å². The number of amides is 1. The van der Waals surface area contributed by atoms with E-state index in [2.05, 4.69) is 20.8 Å². The van der Waals surface area contributed by atoms with E-state index in [1.54, 1.807) is 31.4 Å². The van der Waals surface area contributed by atoms with Gasteiger partial charge in [0.2, 0.25) is 5.82 Å². The van der Waals surface area contributed by atoms with Crippen molar-refractivity contribution in [3.8, 4) is 23.0 Å². The van der Waals surface area contributed by atoms with Crippen molar-refractivity contribution in [1.82, 2.24) is 20.2 Å². The van der Waals surface area contributed by atoms with E-state index in [1.807, 2.05) is 45.0 Å². The minimum absolute atomic E-state index is 0.0243. The summed E-state index contributed by atoms with van der Waals surface area (Å²) in [5, 5.41) is 25.6. The number of nitrogens with one attached hydrogen (secondary N) is 1. The first-order valence-corrected chi connectivity index (χ1v) is 15.2. The van der Waals surface area contributed by atoms with Gasteiger partial charge in [0.05, 0.1) is 30.8 Å². The number of halogens is 1. The van der Waals surface area contributed by atoms with Gasteiger partial charge < -0.3 is 24.6 Å². The number of benzene rings is 3. The molecule has 3 aromatic carbocycles. The lowest BCUT2D eigenvalue weighted by Gasteiger charge is -2.21. The summed E-state index contributed by atoms with van der Waals surface area (Å²) in [6.45, 7) is 7.85. The third-order valence-corrected chi connectivity index (χ3v) is 7.61. The number of tetrazole rings is 1. The zero-order valence-corrected chi connectivity index (χ0v) is 26.8. The largest absolute Gasteiger partial charge is 0.507 e. The molecule has 0 bridgehead atoms. The van der Waals surface area contributed by atoms with Gasteiger partial charge in [0.1, 0.15) is 29.1 Å². The van der Waals surface area contributed by atoms with E-state index in [-0.39, 0.29) is 35.6 Å². The normalized spacial score (nSPS) is 11.6. The van der Waals surface area contributed by atoms with Crippen molar-refractivity contribution in [3.05, 3.63) is 81.6 Å². The van der Waals surface area contributed by atoms with Crippen LogP contribution in [-0.4, -0.2) is 56.8 Å². The molecule has 45 heavy (non-hydrogen) atoms. The third-order valence-electron chi connectivity index (χ3n) is 7.32. The van der Waals surface area contributed by atoms with E-state index in [9.17, 15) is 14.7 Å². The van der Waals surface area contributed by atoms with Gasteiger partial charge in [-0.3, -0.25) is 9.59 Å². The predicted octanol–water partition coefficient (Wildman–Crippen LogP) is 6.43. The van der Waals surface area contributed by atoms with Crippen LogP contribution in [0.5, 0.6) is 23.0 Å². The molecule has 0 fully saturated rings. The molecule has 0 saturated heterocycles. The van der Waals surface area contributed by atoms with Gasteiger partial charge in [0.25, 0.3) is 5.91 Å². The zero-order valence-electron chi connectivity index (χ0n) is 26.1. The number of hydrogen-bond acceptors (Lipinski definition) is 9. The number of phenols is 1. The minimum atomic E-state index is -0.480. The Balaban J connectivity index is 1.41. The van der Waals surface area contributed by atoms with Crippen molar-refractivity contribution in [2.45, 2.75) is 66.0 Å². The van der Waals surface area contributed by atoms with Crippen molar-refractivity contribution >= 4 is 29.0 Å². The maximum atomic E-state index is 13.2. The molecule has 0 aliphatic rings. The highest BCUT2D eigenvalue weighted by Crippen LogP contribution is 2.35. The Kier molecular flexibility index (Phi) is 11.4. The fourth-order valence-corrected chi connectivity index (χ4v) is 5.06. The number of ether oxygens (including phenoxy) is 3. The molecule has 0 aliphatic heterocycles. The molecule has 11 nitrogen and oxygen atoms in total. The van der Waals surface area contributed by atoms with Crippen LogP contribution in [0, 0.1) is 6.92 Å². The molecule has 12 heteroatoms. The molecule has 4 rings (SSSR count). The molecule has 2 N–H and O–H groups in total. The summed E-state index contributed by atoms with van der Waals surface area (Å²) in [4.78, 5) is 25.1. The minimum Gasteiger partial charge on any atom is -0.507 e. The highest BCUT2D eigenvalue weighted by molar-refractivity contribution is 6.32. The number of ketones is 1. The monoisotopic (exact) mass is 635 g/mol. The molecule has 0 aliphatic carbocycles. The van der Waals surface area contributed by atoms with E-state index >= 15 is 0 Å². The summed E-state index contributed by atoms with van der Waals surface area (Å²) >= 11 is 6.50. The van der Waals surface area contributed by atoms with Crippen molar-refractivity contribution < 1.29 is 28.9 Å². The molecule has 1 heterocycles. The first-order chi connectivity index (χ1) is 21.6. The molecule has 0 radical (unpaired) electrons. The smallest absolute Gasteiger partial charge is 0.295 e. The molecule has 1 aromatic heterocycles. The summed E-state index contributed by atoms with van der Waals surface area (Å²) < 4.78 is 18.9. The summed E-state index contributed by atoms with van der Waals surface area (Å²) in [5.74, 6) is 1.03. The molecule has 0 spiro atoms. The zero-order chi connectivity index (χ0) is 32.5. The van der Waals surface area contributed by atoms with Crippen molar-refractivity contribution in [2.75, 3.05) is 19.0 Å². The van der Waals surface area contributed by atoms with Gasteiger partial charge in [0, 0.05) is 23.7 Å². The Morgan fingerprint density at radius 1 is 1.09 bits per heavy atom. The van der Waals surface area contributed by atoms with Crippen molar-refractivity contribution in [1.29, 1.82) is 0 Å². The summed E-state index contributed by atoms with van der Waals surface area (Å²) in [5.41, 5.74) is 3.06. The maximum Gasteiger partial charge on any atom is 0.295 e. The van der Waals surface area contributed by atoms with E-state index in [0.29, 0.717) is 53.6 Å². The van der Waals surface area contributed by atoms with Crippen LogP contribution in [0.4, 0.5) is 5.69 Å². The average Bonchev–Trinajstić information content (AvgIpc) is 3.48. The van der Waals surface area contributed by atoms with E-state index in [4.69, 9.17) is 25.8 Å². The van der Waals surface area contributed by atoms with Crippen LogP contribution in [0.3, 0.4) is 0 Å². The first-order valence-electron chi connectivity index (χ1n) is 14.8. The molecule has 1 unspecified atom stereocenters. The Morgan fingerprint density at radius 2 is 1.84 bits per heavy atom. The average molecular weight is 636 g/mol. The quantitative estimate of drug-likeness (QED) is 0.141. The summed E-state index contributed by atoms with van der Waals surface area (Å²) in [7, 11) is 1.60. The Hall–Kier alpha value is -4.64. The number of methoxy groups -OCH3 is 1. The molecule has 238 valence electrons. The lowest BCUT2D eigenvalue weighted by atomic mass is 10.0. The lowest BCUT2D eigenvalue weighted by Crippen LogP contribution is -2.20. The summed E-state index contributed by atoms with van der Waals surface area (Å²) in [6, 6.07) is 14.1. The van der Waals surface area contributed by atoms with Crippen LogP contribution >= 0.6 is 11.6 Å². The van der Waals surface area contributed by atoms with Gasteiger partial charge in [-0.15, -0.1) is 5.10 Å². The molecule has 0 saturated carbocycles. The fourth-order valence-electron chi connectivity index (χ4n) is 4.78. The third kappa shape index (κ3) is 8.30. The number of carbonyl (C=O) groups is 2. The lowest BCUT2D eigenvalue weighted by molar-refractivity contribution is 0.100. The second-order valence-corrected chi connectivity index (χ2v) is 11.0. The molecular weight excluding hydrogens is 598 g/mol. The first kappa shape index (κ1) is 33.3. The number of phenolic OH excluding ortho intramolecular Hbond substituents is 1. The van der Waals surface area contributed by atoms with E-state index < -0.39 is 5.91 Å². The van der Waals surface area contributed by atoms with Crippen LogP contribution < -0.4 is 19.5 Å². The Labute approximate surface area is 267 Å². The SMILES string of the molecule is CCCc1c(OC(CC)CCOc2cc(NC(=O)c3nnnn3Cc3ccc(OC)cc3)c(C)cc2Cl)ccc(C(C)=O)c1O. The van der Waals surface area contributed by atoms with Crippen LogP contribution in [0.1, 0.15) is 77.7 Å².